The van der Waals surface area contributed by atoms with Crippen molar-refractivity contribution in [1.82, 2.24) is 9.21 Å². The van der Waals surface area contributed by atoms with Gasteiger partial charge in [0, 0.05) is 26.2 Å². The molecule has 23 heavy (non-hydrogen) atoms. The van der Waals surface area contributed by atoms with Crippen molar-refractivity contribution in [2.45, 2.75) is 26.0 Å². The zero-order chi connectivity index (χ0) is 16.7. The van der Waals surface area contributed by atoms with Crippen LogP contribution in [0.15, 0.2) is 30.3 Å². The van der Waals surface area contributed by atoms with Crippen LogP contribution in [0.3, 0.4) is 0 Å². The van der Waals surface area contributed by atoms with Gasteiger partial charge in [0.25, 0.3) is 0 Å². The minimum Gasteiger partial charge on any atom is -0.342 e. The number of hydrogen-bond donors (Lipinski definition) is 0. The Hall–Kier alpha value is -1.40. The van der Waals surface area contributed by atoms with Crippen LogP contribution < -0.4 is 0 Å². The summed E-state index contributed by atoms with van der Waals surface area (Å²) in [5.74, 6) is 0.199. The second-order valence-corrected chi connectivity index (χ2v) is 8.70. The molecule has 1 amide bonds. The summed E-state index contributed by atoms with van der Waals surface area (Å²) in [6.07, 6.45) is 0.762. The van der Waals surface area contributed by atoms with Crippen molar-refractivity contribution < 1.29 is 13.2 Å². The van der Waals surface area contributed by atoms with Gasteiger partial charge in [-0.05, 0) is 24.8 Å². The van der Waals surface area contributed by atoms with Crippen LogP contribution in [0.5, 0.6) is 0 Å². The number of rotatable bonds is 4. The van der Waals surface area contributed by atoms with E-state index in [-0.39, 0.29) is 17.6 Å². The maximum absolute atomic E-state index is 12.7. The summed E-state index contributed by atoms with van der Waals surface area (Å²) in [4.78, 5) is 14.6. The van der Waals surface area contributed by atoms with Gasteiger partial charge in [-0.15, -0.1) is 0 Å². The van der Waals surface area contributed by atoms with Gasteiger partial charge in [-0.1, -0.05) is 37.3 Å². The molecule has 0 N–H and O–H groups in total. The summed E-state index contributed by atoms with van der Waals surface area (Å²) < 4.78 is 27.0. The van der Waals surface area contributed by atoms with Crippen LogP contribution >= 0.6 is 0 Å². The standard InChI is InChI=1S/C17H24N2O3S/c1-3-18-10-9-17(16(18)20)13-19(11-14(17)2)23(21,22)12-15-7-5-4-6-8-15/h4-8,14H,3,9-13H2,1-2H3/t14-,17?/m0/s1. The normalized spacial score (nSPS) is 28.9. The highest BCUT2D eigenvalue weighted by Gasteiger charge is 2.56. The minimum atomic E-state index is -3.39. The number of carbonyl (C=O) groups excluding carboxylic acids is 1. The van der Waals surface area contributed by atoms with E-state index in [0.29, 0.717) is 19.6 Å². The smallest absolute Gasteiger partial charge is 0.230 e. The van der Waals surface area contributed by atoms with Crippen LogP contribution in [0.1, 0.15) is 25.8 Å². The molecule has 1 aromatic rings. The molecular formula is C17H24N2O3S. The van der Waals surface area contributed by atoms with E-state index in [1.807, 2.05) is 49.1 Å². The van der Waals surface area contributed by atoms with Crippen LogP contribution in [-0.4, -0.2) is 49.7 Å². The summed E-state index contributed by atoms with van der Waals surface area (Å²) >= 11 is 0. The fourth-order valence-corrected chi connectivity index (χ4v) is 5.54. The first-order valence-corrected chi connectivity index (χ1v) is 9.81. The lowest BCUT2D eigenvalue weighted by molar-refractivity contribution is -0.136. The Bertz CT molecular complexity index is 689. The summed E-state index contributed by atoms with van der Waals surface area (Å²) in [6.45, 7) is 6.20. The molecule has 0 aromatic heterocycles. The first kappa shape index (κ1) is 16.5. The fraction of sp³-hybridized carbons (Fsp3) is 0.588. The molecular weight excluding hydrogens is 312 g/mol. The Kier molecular flexibility index (Phi) is 4.23. The molecule has 2 saturated heterocycles. The van der Waals surface area contributed by atoms with E-state index in [2.05, 4.69) is 0 Å². The first-order valence-electron chi connectivity index (χ1n) is 8.20. The van der Waals surface area contributed by atoms with Crippen molar-refractivity contribution in [3.05, 3.63) is 35.9 Å². The molecule has 0 bridgehead atoms. The van der Waals surface area contributed by atoms with Crippen molar-refractivity contribution in [1.29, 1.82) is 0 Å². The van der Waals surface area contributed by atoms with Crippen LogP contribution in [0.2, 0.25) is 0 Å². The Morgan fingerprint density at radius 1 is 1.26 bits per heavy atom. The van der Waals surface area contributed by atoms with Gasteiger partial charge < -0.3 is 4.90 Å². The lowest BCUT2D eigenvalue weighted by atomic mass is 9.78. The largest absolute Gasteiger partial charge is 0.342 e. The van der Waals surface area contributed by atoms with E-state index in [1.54, 1.807) is 0 Å². The van der Waals surface area contributed by atoms with E-state index < -0.39 is 15.4 Å². The molecule has 0 saturated carbocycles. The zero-order valence-electron chi connectivity index (χ0n) is 13.7. The van der Waals surface area contributed by atoms with Gasteiger partial charge in [-0.2, -0.15) is 0 Å². The van der Waals surface area contributed by atoms with Crippen molar-refractivity contribution in [3.8, 4) is 0 Å². The molecule has 1 spiro atoms. The van der Waals surface area contributed by atoms with Crippen molar-refractivity contribution in [3.63, 3.8) is 0 Å². The lowest BCUT2D eigenvalue weighted by Gasteiger charge is -2.26. The monoisotopic (exact) mass is 336 g/mol. The molecule has 3 rings (SSSR count). The first-order chi connectivity index (χ1) is 10.9. The van der Waals surface area contributed by atoms with Gasteiger partial charge >= 0.3 is 0 Å². The summed E-state index contributed by atoms with van der Waals surface area (Å²) in [5, 5.41) is 0. The van der Waals surface area contributed by atoms with Gasteiger partial charge in [0.05, 0.1) is 11.2 Å². The predicted octanol–water partition coefficient (Wildman–Crippen LogP) is 1.71. The maximum atomic E-state index is 12.7. The van der Waals surface area contributed by atoms with Crippen molar-refractivity contribution >= 4 is 15.9 Å². The molecule has 1 aromatic carbocycles. The molecule has 5 nitrogen and oxygen atoms in total. The lowest BCUT2D eigenvalue weighted by Crippen LogP contribution is -2.40. The Balaban J connectivity index is 1.80. The number of nitrogens with zero attached hydrogens (tertiary/aromatic N) is 2. The van der Waals surface area contributed by atoms with Crippen LogP contribution in [0, 0.1) is 11.3 Å². The van der Waals surface area contributed by atoms with E-state index in [0.717, 1.165) is 18.5 Å². The molecule has 0 radical (unpaired) electrons. The molecule has 6 heteroatoms. The average molecular weight is 336 g/mol. The van der Waals surface area contributed by atoms with Crippen LogP contribution in [0.25, 0.3) is 0 Å². The van der Waals surface area contributed by atoms with Gasteiger partial charge in [0.1, 0.15) is 0 Å². The van der Waals surface area contributed by atoms with E-state index in [4.69, 9.17) is 0 Å². The topological polar surface area (TPSA) is 57.7 Å². The third-order valence-corrected chi connectivity index (χ3v) is 7.15. The SMILES string of the molecule is CCN1CCC2(CN(S(=O)(=O)Cc3ccccc3)C[C@@H]2C)C1=O. The van der Waals surface area contributed by atoms with Gasteiger partial charge in [-0.25, -0.2) is 12.7 Å². The van der Waals surface area contributed by atoms with Crippen LogP contribution in [0.4, 0.5) is 0 Å². The van der Waals surface area contributed by atoms with Gasteiger partial charge in [-0.3, -0.25) is 4.79 Å². The van der Waals surface area contributed by atoms with Gasteiger partial charge in [0.15, 0.2) is 0 Å². The number of benzene rings is 1. The molecule has 2 aliphatic rings. The summed E-state index contributed by atoms with van der Waals surface area (Å²) in [5.41, 5.74) is 0.272. The average Bonchev–Trinajstić information content (AvgIpc) is 3.03. The van der Waals surface area contributed by atoms with E-state index >= 15 is 0 Å². The van der Waals surface area contributed by atoms with Crippen molar-refractivity contribution in [2.75, 3.05) is 26.2 Å². The number of carbonyl (C=O) groups is 1. The number of hydrogen-bond acceptors (Lipinski definition) is 3. The third-order valence-electron chi connectivity index (χ3n) is 5.39. The molecule has 2 heterocycles. The highest BCUT2D eigenvalue weighted by molar-refractivity contribution is 7.88. The Morgan fingerprint density at radius 2 is 1.96 bits per heavy atom. The summed E-state index contributed by atoms with van der Waals surface area (Å²) in [6, 6.07) is 9.22. The van der Waals surface area contributed by atoms with E-state index in [9.17, 15) is 13.2 Å². The zero-order valence-corrected chi connectivity index (χ0v) is 14.6. The molecule has 2 fully saturated rings. The second kappa shape index (κ2) is 5.91. The minimum absolute atomic E-state index is 0.00230. The predicted molar refractivity (Wildman–Crippen MR) is 89.1 cm³/mol. The fourth-order valence-electron chi connectivity index (χ4n) is 3.87. The summed E-state index contributed by atoms with van der Waals surface area (Å²) in [7, 11) is -3.39. The quantitative estimate of drug-likeness (QED) is 0.841. The molecule has 1 unspecified atom stereocenters. The molecule has 126 valence electrons. The highest BCUT2D eigenvalue weighted by atomic mass is 32.2. The number of likely N-dealkylation sites (tertiary alicyclic amines) is 1. The number of sulfonamides is 1. The molecule has 2 aliphatic heterocycles. The Morgan fingerprint density at radius 3 is 2.57 bits per heavy atom. The van der Waals surface area contributed by atoms with Crippen LogP contribution in [-0.2, 0) is 20.6 Å². The third kappa shape index (κ3) is 2.78. The second-order valence-electron chi connectivity index (χ2n) is 6.73. The van der Waals surface area contributed by atoms with Crippen molar-refractivity contribution in [2.24, 2.45) is 11.3 Å². The Labute approximate surface area is 138 Å². The highest BCUT2D eigenvalue weighted by Crippen LogP contribution is 2.45. The molecule has 0 aliphatic carbocycles. The maximum Gasteiger partial charge on any atom is 0.230 e. The van der Waals surface area contributed by atoms with E-state index in [1.165, 1.54) is 4.31 Å². The number of amides is 1. The van der Waals surface area contributed by atoms with Gasteiger partial charge in [0.2, 0.25) is 15.9 Å². The molecule has 2 atom stereocenters.